The number of hydrogen-bond acceptors (Lipinski definition) is 2. The predicted molar refractivity (Wildman–Crippen MR) is 72.1 cm³/mol. The van der Waals surface area contributed by atoms with Crippen molar-refractivity contribution < 1.29 is 9.59 Å². The zero-order valence-corrected chi connectivity index (χ0v) is 10.8. The maximum absolute atomic E-state index is 11.5. The van der Waals surface area contributed by atoms with Crippen molar-refractivity contribution in [1.29, 1.82) is 0 Å². The van der Waals surface area contributed by atoms with Crippen molar-refractivity contribution in [3.05, 3.63) is 36.5 Å². The lowest BCUT2D eigenvalue weighted by molar-refractivity contribution is -0.121. The number of carbonyl (C=O) groups is 2. The summed E-state index contributed by atoms with van der Waals surface area (Å²) in [4.78, 5) is 24.1. The summed E-state index contributed by atoms with van der Waals surface area (Å²) in [7, 11) is 0. The number of nitrogens with one attached hydrogen (secondary N) is 1. The lowest BCUT2D eigenvalue weighted by atomic mass is 10.1. The SMILES string of the molecule is C=C/C=C\C(=C/C)CCCN1CCC(=O)NC1=O. The van der Waals surface area contributed by atoms with E-state index < -0.39 is 0 Å². The second-order valence-corrected chi connectivity index (χ2v) is 4.15. The maximum atomic E-state index is 11.5. The molecule has 3 amide bonds. The van der Waals surface area contributed by atoms with E-state index in [0.717, 1.165) is 12.8 Å². The molecule has 4 heteroatoms. The summed E-state index contributed by atoms with van der Waals surface area (Å²) in [6, 6.07) is -0.269. The van der Waals surface area contributed by atoms with E-state index in [1.807, 2.05) is 19.1 Å². The Kier molecular flexibility index (Phi) is 5.91. The van der Waals surface area contributed by atoms with Gasteiger partial charge in [-0.2, -0.15) is 0 Å². The van der Waals surface area contributed by atoms with Crippen molar-refractivity contribution in [2.45, 2.75) is 26.2 Å². The van der Waals surface area contributed by atoms with Crippen LogP contribution in [0.2, 0.25) is 0 Å². The van der Waals surface area contributed by atoms with Gasteiger partial charge in [-0.1, -0.05) is 36.5 Å². The third kappa shape index (κ3) is 4.57. The lowest BCUT2D eigenvalue weighted by Gasteiger charge is -2.26. The van der Waals surface area contributed by atoms with E-state index in [1.165, 1.54) is 5.57 Å². The van der Waals surface area contributed by atoms with Gasteiger partial charge in [-0.05, 0) is 19.8 Å². The van der Waals surface area contributed by atoms with E-state index in [0.29, 0.717) is 19.5 Å². The van der Waals surface area contributed by atoms with E-state index in [1.54, 1.807) is 11.0 Å². The van der Waals surface area contributed by atoms with Crippen LogP contribution in [0.3, 0.4) is 0 Å². The van der Waals surface area contributed by atoms with Crippen LogP contribution in [0.5, 0.6) is 0 Å². The molecule has 0 aromatic carbocycles. The van der Waals surface area contributed by atoms with Crippen LogP contribution in [0.1, 0.15) is 26.2 Å². The van der Waals surface area contributed by atoms with Crippen molar-refractivity contribution in [3.63, 3.8) is 0 Å². The van der Waals surface area contributed by atoms with E-state index in [-0.39, 0.29) is 11.9 Å². The fraction of sp³-hybridized carbons (Fsp3) is 0.429. The fourth-order valence-electron chi connectivity index (χ4n) is 1.80. The molecular weight excluding hydrogens is 228 g/mol. The number of amides is 3. The molecule has 4 nitrogen and oxygen atoms in total. The summed E-state index contributed by atoms with van der Waals surface area (Å²) in [5.41, 5.74) is 1.23. The Bertz CT molecular complexity index is 383. The molecule has 1 heterocycles. The minimum Gasteiger partial charge on any atom is -0.324 e. The number of rotatable bonds is 6. The second kappa shape index (κ2) is 7.48. The summed E-state index contributed by atoms with van der Waals surface area (Å²) in [6.45, 7) is 6.83. The first-order valence-electron chi connectivity index (χ1n) is 6.20. The van der Waals surface area contributed by atoms with Crippen LogP contribution in [0.15, 0.2) is 36.5 Å². The molecule has 1 N–H and O–H groups in total. The summed E-state index contributed by atoms with van der Waals surface area (Å²) < 4.78 is 0. The number of allylic oxidation sites excluding steroid dienone is 5. The summed E-state index contributed by atoms with van der Waals surface area (Å²) in [5.74, 6) is -0.181. The molecule has 1 fully saturated rings. The van der Waals surface area contributed by atoms with Crippen LogP contribution in [0.4, 0.5) is 4.79 Å². The van der Waals surface area contributed by atoms with Gasteiger partial charge in [-0.3, -0.25) is 10.1 Å². The molecule has 0 unspecified atom stereocenters. The summed E-state index contributed by atoms with van der Waals surface area (Å²) in [6.07, 6.45) is 9.93. The maximum Gasteiger partial charge on any atom is 0.324 e. The lowest BCUT2D eigenvalue weighted by Crippen LogP contribution is -2.49. The standard InChI is InChI=1S/C14H20N2O2/c1-3-5-7-12(4-2)8-6-10-16-11-9-13(17)15-14(16)18/h3-5,7H,1,6,8-11H2,2H3,(H,15,17,18)/b7-5-,12-4+. The van der Waals surface area contributed by atoms with Crippen LogP contribution in [-0.4, -0.2) is 29.9 Å². The highest BCUT2D eigenvalue weighted by Gasteiger charge is 2.21. The molecule has 1 aliphatic heterocycles. The number of carbonyl (C=O) groups excluding carboxylic acids is 2. The summed E-state index contributed by atoms with van der Waals surface area (Å²) >= 11 is 0. The molecule has 0 aromatic heterocycles. The highest BCUT2D eigenvalue weighted by molar-refractivity contribution is 5.96. The Hall–Kier alpha value is -1.84. The average molecular weight is 248 g/mol. The second-order valence-electron chi connectivity index (χ2n) is 4.15. The molecule has 1 rings (SSSR count). The van der Waals surface area contributed by atoms with Crippen LogP contribution in [0.25, 0.3) is 0 Å². The minimum atomic E-state index is -0.269. The van der Waals surface area contributed by atoms with E-state index in [9.17, 15) is 9.59 Å². The van der Waals surface area contributed by atoms with Gasteiger partial charge in [-0.15, -0.1) is 0 Å². The van der Waals surface area contributed by atoms with Gasteiger partial charge < -0.3 is 4.90 Å². The molecule has 1 aliphatic rings. The van der Waals surface area contributed by atoms with Crippen molar-refractivity contribution in [3.8, 4) is 0 Å². The van der Waals surface area contributed by atoms with E-state index >= 15 is 0 Å². The number of hydrogen-bond donors (Lipinski definition) is 1. The van der Waals surface area contributed by atoms with Gasteiger partial charge in [-0.25, -0.2) is 4.79 Å². The largest absolute Gasteiger partial charge is 0.324 e. The first-order chi connectivity index (χ1) is 8.67. The molecule has 0 radical (unpaired) electrons. The Balaban J connectivity index is 2.33. The highest BCUT2D eigenvalue weighted by atomic mass is 16.2. The average Bonchev–Trinajstić information content (AvgIpc) is 2.36. The quantitative estimate of drug-likeness (QED) is 0.734. The van der Waals surface area contributed by atoms with Gasteiger partial charge in [0.2, 0.25) is 5.91 Å². The van der Waals surface area contributed by atoms with Crippen LogP contribution >= 0.6 is 0 Å². The van der Waals surface area contributed by atoms with Crippen molar-refractivity contribution in [2.24, 2.45) is 0 Å². The molecule has 0 atom stereocenters. The Morgan fingerprint density at radius 2 is 2.28 bits per heavy atom. The Labute approximate surface area is 108 Å². The fourth-order valence-corrected chi connectivity index (χ4v) is 1.80. The van der Waals surface area contributed by atoms with Crippen molar-refractivity contribution in [1.82, 2.24) is 10.2 Å². The predicted octanol–water partition coefficient (Wildman–Crippen LogP) is 2.40. The minimum absolute atomic E-state index is 0.181. The topological polar surface area (TPSA) is 49.4 Å². The number of urea groups is 1. The smallest absolute Gasteiger partial charge is 0.324 e. The summed E-state index contributed by atoms with van der Waals surface area (Å²) in [5, 5.41) is 2.32. The molecule has 0 bridgehead atoms. The Morgan fingerprint density at radius 1 is 1.50 bits per heavy atom. The highest BCUT2D eigenvalue weighted by Crippen LogP contribution is 2.09. The first kappa shape index (κ1) is 14.2. The van der Waals surface area contributed by atoms with Gasteiger partial charge in [0.1, 0.15) is 0 Å². The molecule has 0 saturated carbocycles. The van der Waals surface area contributed by atoms with Crippen LogP contribution in [-0.2, 0) is 4.79 Å². The molecule has 1 saturated heterocycles. The third-order valence-corrected chi connectivity index (χ3v) is 2.85. The number of imide groups is 1. The molecule has 0 aliphatic carbocycles. The van der Waals surface area contributed by atoms with Gasteiger partial charge in [0.05, 0.1) is 0 Å². The normalized spacial score (nSPS) is 17.2. The van der Waals surface area contributed by atoms with Gasteiger partial charge >= 0.3 is 6.03 Å². The van der Waals surface area contributed by atoms with Crippen LogP contribution < -0.4 is 5.32 Å². The zero-order chi connectivity index (χ0) is 13.4. The van der Waals surface area contributed by atoms with E-state index in [4.69, 9.17) is 0 Å². The number of nitrogens with zero attached hydrogens (tertiary/aromatic N) is 1. The first-order valence-corrected chi connectivity index (χ1v) is 6.20. The van der Waals surface area contributed by atoms with Crippen LogP contribution in [0, 0.1) is 0 Å². The molecule has 0 aromatic rings. The van der Waals surface area contributed by atoms with Crippen molar-refractivity contribution >= 4 is 11.9 Å². The zero-order valence-electron chi connectivity index (χ0n) is 10.8. The molecule has 98 valence electrons. The molecule has 18 heavy (non-hydrogen) atoms. The monoisotopic (exact) mass is 248 g/mol. The van der Waals surface area contributed by atoms with Crippen molar-refractivity contribution in [2.75, 3.05) is 13.1 Å². The van der Waals surface area contributed by atoms with Gasteiger partial charge in [0, 0.05) is 19.5 Å². The Morgan fingerprint density at radius 3 is 2.89 bits per heavy atom. The third-order valence-electron chi connectivity index (χ3n) is 2.85. The van der Waals surface area contributed by atoms with E-state index in [2.05, 4.69) is 18.0 Å². The molecule has 0 spiro atoms. The van der Waals surface area contributed by atoms with Gasteiger partial charge in [0.25, 0.3) is 0 Å². The van der Waals surface area contributed by atoms with Gasteiger partial charge in [0.15, 0.2) is 0 Å². The molecular formula is C14H20N2O2.